The normalized spacial score (nSPS) is 8.86. The van der Waals surface area contributed by atoms with E-state index in [4.69, 9.17) is 17.0 Å². The van der Waals surface area contributed by atoms with Crippen LogP contribution in [-0.4, -0.2) is 16.7 Å². The fraction of sp³-hybridized carbons (Fsp3) is 0.889. The van der Waals surface area contributed by atoms with E-state index in [9.17, 15) is 0 Å². The van der Waals surface area contributed by atoms with E-state index in [1.165, 1.54) is 19.3 Å². The number of unbranched alkanes of at least 4 members (excludes halogenated alkanes) is 2. The van der Waals surface area contributed by atoms with Gasteiger partial charge in [-0.15, -0.1) is 23.3 Å². The fourth-order valence-corrected chi connectivity index (χ4v) is 1.74. The first kappa shape index (κ1) is 17.3. The Morgan fingerprint density at radius 1 is 1.21 bits per heavy atom. The van der Waals surface area contributed by atoms with Crippen LogP contribution in [-0.2, 0) is 4.74 Å². The summed E-state index contributed by atoms with van der Waals surface area (Å²) < 4.78 is 6.04. The van der Waals surface area contributed by atoms with Crippen LogP contribution < -0.4 is 0 Å². The largest absolute Gasteiger partial charge is 0.479 e. The molecule has 0 aliphatic carbocycles. The summed E-state index contributed by atoms with van der Waals surface area (Å²) in [4.78, 5) is 0. The van der Waals surface area contributed by atoms with E-state index < -0.39 is 0 Å². The summed E-state index contributed by atoms with van der Waals surface area (Å²) in [5.41, 5.74) is 0. The molecule has 0 atom stereocenters. The fourth-order valence-electron chi connectivity index (χ4n) is 0.641. The standard InChI is InChI=1S/C9H18OS2.H2S2/c1-3-5-7-10-9(11)12-8-6-4-2;1-2/h3-8H2,1-2H3;1-2H. The Morgan fingerprint density at radius 2 is 1.79 bits per heavy atom. The molecule has 0 aliphatic heterocycles. The summed E-state index contributed by atoms with van der Waals surface area (Å²) in [6.45, 7) is 5.12. The summed E-state index contributed by atoms with van der Waals surface area (Å²) in [5.74, 6) is 1.10. The van der Waals surface area contributed by atoms with Gasteiger partial charge < -0.3 is 4.74 Å². The van der Waals surface area contributed by atoms with Crippen LogP contribution >= 0.6 is 47.3 Å². The van der Waals surface area contributed by atoms with E-state index >= 15 is 0 Å². The highest BCUT2D eigenvalue weighted by molar-refractivity contribution is 8.59. The summed E-state index contributed by atoms with van der Waals surface area (Å²) in [6, 6.07) is 0. The van der Waals surface area contributed by atoms with Crippen molar-refractivity contribution >= 4 is 51.7 Å². The maximum Gasteiger partial charge on any atom is 0.219 e. The minimum absolute atomic E-state index is 0.719. The lowest BCUT2D eigenvalue weighted by atomic mass is 10.4. The number of ether oxygens (including phenoxy) is 1. The monoisotopic (exact) mass is 272 g/mol. The summed E-state index contributed by atoms with van der Waals surface area (Å²) in [5, 5.41) is 0. The van der Waals surface area contributed by atoms with Gasteiger partial charge in [0.15, 0.2) is 0 Å². The Labute approximate surface area is 108 Å². The molecule has 5 heteroatoms. The van der Waals surface area contributed by atoms with Crippen LogP contribution in [0.4, 0.5) is 0 Å². The van der Waals surface area contributed by atoms with Crippen LogP contribution in [0.5, 0.6) is 0 Å². The molecule has 86 valence electrons. The molecule has 0 aromatic rings. The molecule has 0 unspecified atom stereocenters. The van der Waals surface area contributed by atoms with Crippen molar-refractivity contribution in [2.75, 3.05) is 12.4 Å². The Kier molecular flexibility index (Phi) is 20.3. The molecule has 14 heavy (non-hydrogen) atoms. The second kappa shape index (κ2) is 16.4. The maximum atomic E-state index is 5.32. The van der Waals surface area contributed by atoms with Crippen LogP contribution in [0.3, 0.4) is 0 Å². The third-order valence-corrected chi connectivity index (χ3v) is 2.75. The number of thiol groups is 2. The predicted molar refractivity (Wildman–Crippen MR) is 78.8 cm³/mol. The average molecular weight is 273 g/mol. The lowest BCUT2D eigenvalue weighted by molar-refractivity contribution is 0.313. The first-order valence-electron chi connectivity index (χ1n) is 4.80. The number of hydrogen-bond acceptors (Lipinski definition) is 5. The Bertz CT molecular complexity index is 107. The summed E-state index contributed by atoms with van der Waals surface area (Å²) >= 11 is 13.1. The molecule has 0 fully saturated rings. The molecule has 0 amide bonds. The Morgan fingerprint density at radius 3 is 2.29 bits per heavy atom. The van der Waals surface area contributed by atoms with Gasteiger partial charge in [-0.05, 0) is 25.1 Å². The molecule has 0 saturated heterocycles. The van der Waals surface area contributed by atoms with E-state index in [0.717, 1.165) is 23.2 Å². The van der Waals surface area contributed by atoms with Gasteiger partial charge in [0.2, 0.25) is 4.38 Å². The van der Waals surface area contributed by atoms with Crippen molar-refractivity contribution in [3.8, 4) is 0 Å². The highest BCUT2D eigenvalue weighted by Crippen LogP contribution is 2.09. The van der Waals surface area contributed by atoms with Gasteiger partial charge in [0, 0.05) is 5.75 Å². The molecule has 0 bridgehead atoms. The molecule has 0 aliphatic rings. The minimum Gasteiger partial charge on any atom is -0.479 e. The van der Waals surface area contributed by atoms with Crippen molar-refractivity contribution in [3.05, 3.63) is 0 Å². The van der Waals surface area contributed by atoms with Gasteiger partial charge in [0.25, 0.3) is 0 Å². The van der Waals surface area contributed by atoms with Crippen LogP contribution in [0, 0.1) is 0 Å². The number of hydrogen-bond donors (Lipinski definition) is 2. The second-order valence-corrected chi connectivity index (χ2v) is 4.35. The van der Waals surface area contributed by atoms with Gasteiger partial charge >= 0.3 is 0 Å². The quantitative estimate of drug-likeness (QED) is 0.321. The van der Waals surface area contributed by atoms with Gasteiger partial charge in [0.05, 0.1) is 6.61 Å². The summed E-state index contributed by atoms with van der Waals surface area (Å²) in [7, 11) is 0. The first-order valence-corrected chi connectivity index (χ1v) is 7.80. The lowest BCUT2D eigenvalue weighted by Crippen LogP contribution is -1.99. The Hall–Kier alpha value is 0.940. The third-order valence-electron chi connectivity index (χ3n) is 1.44. The van der Waals surface area contributed by atoms with Gasteiger partial charge in [-0.25, -0.2) is 0 Å². The third kappa shape index (κ3) is 15.4. The number of thioether (sulfide) groups is 1. The van der Waals surface area contributed by atoms with Crippen molar-refractivity contribution in [2.45, 2.75) is 39.5 Å². The van der Waals surface area contributed by atoms with Crippen molar-refractivity contribution in [1.82, 2.24) is 0 Å². The number of thiocarbonyl (C=S) groups is 1. The average Bonchev–Trinajstić information content (AvgIpc) is 2.22. The van der Waals surface area contributed by atoms with Crippen LogP contribution in [0.25, 0.3) is 0 Å². The van der Waals surface area contributed by atoms with E-state index in [1.807, 2.05) is 0 Å². The Balaban J connectivity index is 0. The lowest BCUT2D eigenvalue weighted by Gasteiger charge is -2.04. The molecular formula is C9H20OS4. The smallest absolute Gasteiger partial charge is 0.219 e. The van der Waals surface area contributed by atoms with Crippen LogP contribution in [0.15, 0.2) is 0 Å². The molecule has 0 rings (SSSR count). The van der Waals surface area contributed by atoms with Gasteiger partial charge in [-0.3, -0.25) is 0 Å². The van der Waals surface area contributed by atoms with Gasteiger partial charge in [0.1, 0.15) is 0 Å². The molecule has 0 radical (unpaired) electrons. The molecule has 1 nitrogen and oxygen atoms in total. The molecule has 0 spiro atoms. The predicted octanol–water partition coefficient (Wildman–Crippen LogP) is 4.38. The zero-order valence-electron chi connectivity index (χ0n) is 8.86. The van der Waals surface area contributed by atoms with Gasteiger partial charge in [-0.1, -0.05) is 38.5 Å². The van der Waals surface area contributed by atoms with Crippen molar-refractivity contribution < 1.29 is 4.74 Å². The zero-order chi connectivity index (χ0) is 11.2. The molecular weight excluding hydrogens is 252 g/mol. The maximum absolute atomic E-state index is 5.32. The molecule has 0 aromatic carbocycles. The molecule has 0 N–H and O–H groups in total. The van der Waals surface area contributed by atoms with Crippen molar-refractivity contribution in [1.29, 1.82) is 0 Å². The molecule has 0 heterocycles. The topological polar surface area (TPSA) is 9.23 Å². The van der Waals surface area contributed by atoms with Crippen molar-refractivity contribution in [2.24, 2.45) is 0 Å². The SMILES string of the molecule is CCCCOC(=S)SCCCC.SS. The summed E-state index contributed by atoms with van der Waals surface area (Å²) in [6.07, 6.45) is 4.73. The van der Waals surface area contributed by atoms with E-state index in [1.54, 1.807) is 11.8 Å². The van der Waals surface area contributed by atoms with E-state index in [0.29, 0.717) is 0 Å². The first-order chi connectivity index (χ1) is 6.81. The van der Waals surface area contributed by atoms with E-state index in [2.05, 4.69) is 37.2 Å². The highest BCUT2D eigenvalue weighted by Gasteiger charge is 1.96. The minimum atomic E-state index is 0.719. The zero-order valence-corrected chi connectivity index (χ0v) is 12.3. The number of rotatable bonds is 6. The van der Waals surface area contributed by atoms with Crippen molar-refractivity contribution in [3.63, 3.8) is 0 Å². The highest BCUT2D eigenvalue weighted by atomic mass is 33.1. The molecule has 0 saturated carbocycles. The van der Waals surface area contributed by atoms with Crippen LogP contribution in [0.1, 0.15) is 39.5 Å². The van der Waals surface area contributed by atoms with E-state index in [-0.39, 0.29) is 0 Å². The second-order valence-electron chi connectivity index (χ2n) is 2.65. The van der Waals surface area contributed by atoms with Crippen LogP contribution in [0.2, 0.25) is 0 Å². The van der Waals surface area contributed by atoms with Gasteiger partial charge in [-0.2, -0.15) is 0 Å². The molecule has 0 aromatic heterocycles.